The van der Waals surface area contributed by atoms with Crippen LogP contribution >= 0.6 is 0 Å². The lowest BCUT2D eigenvalue weighted by atomic mass is 10.1. The van der Waals surface area contributed by atoms with Crippen LogP contribution in [0.2, 0.25) is 0 Å². The van der Waals surface area contributed by atoms with Crippen LogP contribution < -0.4 is 10.8 Å². The number of benzene rings is 1. The van der Waals surface area contributed by atoms with Gasteiger partial charge in [-0.25, -0.2) is 0 Å². The second kappa shape index (κ2) is 3.10. The van der Waals surface area contributed by atoms with Crippen LogP contribution in [0.5, 0.6) is 0 Å². The molecule has 0 atom stereocenters. The Morgan fingerprint density at radius 2 is 2.08 bits per heavy atom. The van der Waals surface area contributed by atoms with Crippen LogP contribution in [0, 0.1) is 10.1 Å². The molecule has 1 aromatic carbocycles. The van der Waals surface area contributed by atoms with E-state index in [0.717, 1.165) is 12.1 Å². The molecule has 0 aliphatic heterocycles. The largest absolute Gasteiger partial charge is 0.545 e. The monoisotopic (exact) mass is 181 g/mol. The summed E-state index contributed by atoms with van der Waals surface area (Å²) in [5.74, 6) is -1.61. The first kappa shape index (κ1) is 8.98. The zero-order valence-electron chi connectivity index (χ0n) is 6.39. The van der Waals surface area contributed by atoms with Gasteiger partial charge in [0.05, 0.1) is 16.5 Å². The Labute approximate surface area is 72.7 Å². The van der Waals surface area contributed by atoms with Crippen molar-refractivity contribution in [3.63, 3.8) is 0 Å². The molecule has 2 N–H and O–H groups in total. The van der Waals surface area contributed by atoms with Crippen LogP contribution in [-0.4, -0.2) is 10.9 Å². The van der Waals surface area contributed by atoms with Crippen molar-refractivity contribution in [1.82, 2.24) is 0 Å². The SMILES string of the molecule is Nc1ccc([N+](=O)[O-])c(C(=O)[O-])c1. The minimum absolute atomic E-state index is 0.143. The van der Waals surface area contributed by atoms with Crippen molar-refractivity contribution in [3.8, 4) is 0 Å². The number of carbonyl (C=O) groups excluding carboxylic acids is 1. The Hall–Kier alpha value is -2.11. The first-order valence-corrected chi connectivity index (χ1v) is 3.27. The summed E-state index contributed by atoms with van der Waals surface area (Å²) in [7, 11) is 0. The molecule has 0 heterocycles. The van der Waals surface area contributed by atoms with Crippen LogP contribution in [0.15, 0.2) is 18.2 Å². The Morgan fingerprint density at radius 1 is 1.46 bits per heavy atom. The minimum atomic E-state index is -1.61. The highest BCUT2D eigenvalue weighted by Gasteiger charge is 2.13. The van der Waals surface area contributed by atoms with Crippen LogP contribution in [0.4, 0.5) is 11.4 Å². The van der Waals surface area contributed by atoms with E-state index in [1.54, 1.807) is 0 Å². The highest BCUT2D eigenvalue weighted by molar-refractivity contribution is 5.91. The Balaban J connectivity index is 3.35. The second-order valence-electron chi connectivity index (χ2n) is 2.32. The third kappa shape index (κ3) is 1.73. The zero-order chi connectivity index (χ0) is 10.0. The van der Waals surface area contributed by atoms with Gasteiger partial charge in [-0.3, -0.25) is 10.1 Å². The zero-order valence-corrected chi connectivity index (χ0v) is 6.39. The number of carbonyl (C=O) groups is 1. The van der Waals surface area contributed by atoms with Gasteiger partial charge in [-0.05, 0) is 12.1 Å². The lowest BCUT2D eigenvalue weighted by Crippen LogP contribution is -2.23. The number of nitro benzene ring substituents is 1. The van der Waals surface area contributed by atoms with Crippen LogP contribution in [0.3, 0.4) is 0 Å². The molecule has 0 saturated heterocycles. The van der Waals surface area contributed by atoms with E-state index < -0.39 is 22.1 Å². The molecule has 0 aliphatic carbocycles. The van der Waals surface area contributed by atoms with Gasteiger partial charge in [0, 0.05) is 11.8 Å². The number of anilines is 1. The summed E-state index contributed by atoms with van der Waals surface area (Å²) in [5.41, 5.74) is 4.37. The van der Waals surface area contributed by atoms with Crippen LogP contribution in [0.25, 0.3) is 0 Å². The molecule has 1 aromatic rings. The predicted octanol–water partition coefficient (Wildman–Crippen LogP) is -0.460. The number of nitrogens with zero attached hydrogens (tertiary/aromatic N) is 1. The van der Waals surface area contributed by atoms with E-state index in [2.05, 4.69) is 0 Å². The summed E-state index contributed by atoms with van der Waals surface area (Å²) >= 11 is 0. The molecular formula is C7H5N2O4-. The molecule has 0 aliphatic rings. The van der Waals surface area contributed by atoms with E-state index in [-0.39, 0.29) is 5.69 Å². The van der Waals surface area contributed by atoms with Crippen molar-refractivity contribution in [2.45, 2.75) is 0 Å². The highest BCUT2D eigenvalue weighted by atomic mass is 16.6. The van der Waals surface area contributed by atoms with Crippen LogP contribution in [-0.2, 0) is 0 Å². The van der Waals surface area contributed by atoms with Gasteiger partial charge in [0.15, 0.2) is 0 Å². The average Bonchev–Trinajstić information content (AvgIpc) is 2.03. The van der Waals surface area contributed by atoms with Gasteiger partial charge in [0.1, 0.15) is 0 Å². The van der Waals surface area contributed by atoms with Gasteiger partial charge in [0.2, 0.25) is 0 Å². The highest BCUT2D eigenvalue weighted by Crippen LogP contribution is 2.19. The smallest absolute Gasteiger partial charge is 0.278 e. The van der Waals surface area contributed by atoms with E-state index in [0.29, 0.717) is 0 Å². The standard InChI is InChI=1S/C7H6N2O4/c8-4-1-2-6(9(12)13)5(3-4)7(10)11/h1-3H,8H2,(H,10,11)/p-1. The first-order chi connectivity index (χ1) is 6.02. The topological polar surface area (TPSA) is 109 Å². The third-order valence-corrected chi connectivity index (χ3v) is 1.44. The molecule has 6 nitrogen and oxygen atoms in total. The number of nitro groups is 1. The summed E-state index contributed by atoms with van der Waals surface area (Å²) in [6.07, 6.45) is 0. The van der Waals surface area contributed by atoms with Gasteiger partial charge < -0.3 is 15.6 Å². The number of nitrogen functional groups attached to an aromatic ring is 1. The summed E-state index contributed by atoms with van der Waals surface area (Å²) in [5, 5.41) is 20.7. The second-order valence-corrected chi connectivity index (χ2v) is 2.32. The first-order valence-electron chi connectivity index (χ1n) is 3.27. The fourth-order valence-corrected chi connectivity index (χ4v) is 0.876. The molecule has 0 spiro atoms. The molecule has 0 fully saturated rings. The molecule has 0 saturated carbocycles. The summed E-state index contributed by atoms with van der Waals surface area (Å²) in [6.45, 7) is 0. The van der Waals surface area contributed by atoms with Gasteiger partial charge in [0.25, 0.3) is 5.69 Å². The summed E-state index contributed by atoms with van der Waals surface area (Å²) < 4.78 is 0. The third-order valence-electron chi connectivity index (χ3n) is 1.44. The molecule has 0 unspecified atom stereocenters. The average molecular weight is 181 g/mol. The van der Waals surface area contributed by atoms with Crippen molar-refractivity contribution >= 4 is 17.3 Å². The summed E-state index contributed by atoms with van der Waals surface area (Å²) in [6, 6.07) is 3.28. The quantitative estimate of drug-likeness (QED) is 0.377. The molecule has 0 radical (unpaired) electrons. The minimum Gasteiger partial charge on any atom is -0.545 e. The van der Waals surface area contributed by atoms with E-state index in [1.165, 1.54) is 6.07 Å². The molecule has 13 heavy (non-hydrogen) atoms. The van der Waals surface area contributed by atoms with Crippen molar-refractivity contribution in [2.24, 2.45) is 0 Å². The Bertz CT molecular complexity index is 375. The van der Waals surface area contributed by atoms with Crippen molar-refractivity contribution in [1.29, 1.82) is 0 Å². The number of carboxylic acids is 1. The number of rotatable bonds is 2. The van der Waals surface area contributed by atoms with Crippen molar-refractivity contribution in [2.75, 3.05) is 5.73 Å². The van der Waals surface area contributed by atoms with Crippen LogP contribution in [0.1, 0.15) is 10.4 Å². The molecule has 0 amide bonds. The van der Waals surface area contributed by atoms with E-state index in [9.17, 15) is 20.0 Å². The van der Waals surface area contributed by atoms with Gasteiger partial charge >= 0.3 is 0 Å². The molecule has 0 bridgehead atoms. The Kier molecular flexibility index (Phi) is 2.14. The number of carboxylic acid groups (broad SMARTS) is 1. The molecule has 68 valence electrons. The molecule has 1 rings (SSSR count). The number of hydrogen-bond donors (Lipinski definition) is 1. The normalized spacial score (nSPS) is 9.54. The number of nitrogens with two attached hydrogens (primary N) is 1. The maximum absolute atomic E-state index is 10.4. The van der Waals surface area contributed by atoms with Gasteiger partial charge in [-0.15, -0.1) is 0 Å². The van der Waals surface area contributed by atoms with Crippen molar-refractivity contribution in [3.05, 3.63) is 33.9 Å². The lowest BCUT2D eigenvalue weighted by molar-refractivity contribution is -0.385. The lowest BCUT2D eigenvalue weighted by Gasteiger charge is -2.03. The van der Waals surface area contributed by atoms with E-state index >= 15 is 0 Å². The molecular weight excluding hydrogens is 176 g/mol. The molecule has 6 heteroatoms. The number of hydrogen-bond acceptors (Lipinski definition) is 5. The summed E-state index contributed by atoms with van der Waals surface area (Å²) in [4.78, 5) is 19.9. The van der Waals surface area contributed by atoms with E-state index in [1.807, 2.05) is 0 Å². The predicted molar refractivity (Wildman–Crippen MR) is 41.8 cm³/mol. The maximum Gasteiger partial charge on any atom is 0.278 e. The van der Waals surface area contributed by atoms with Gasteiger partial charge in [-0.1, -0.05) is 0 Å². The molecule has 0 aromatic heterocycles. The Morgan fingerprint density at radius 3 is 2.54 bits per heavy atom. The van der Waals surface area contributed by atoms with Gasteiger partial charge in [-0.2, -0.15) is 0 Å². The number of aromatic carboxylic acids is 1. The van der Waals surface area contributed by atoms with Crippen molar-refractivity contribution < 1.29 is 14.8 Å². The van der Waals surface area contributed by atoms with E-state index in [4.69, 9.17) is 5.73 Å². The fourth-order valence-electron chi connectivity index (χ4n) is 0.876. The maximum atomic E-state index is 10.4. The fraction of sp³-hybridized carbons (Fsp3) is 0.